The lowest BCUT2D eigenvalue weighted by molar-refractivity contribution is 0.0966. The SMILES string of the molecule is NCc1cn(CC(=O)c2cnc3ccccc3c2)nn1. The molecule has 3 rings (SSSR count). The van der Waals surface area contributed by atoms with Gasteiger partial charge in [-0.15, -0.1) is 5.10 Å². The number of aromatic nitrogens is 4. The maximum atomic E-state index is 12.2. The topological polar surface area (TPSA) is 86.7 Å². The van der Waals surface area contributed by atoms with Crippen LogP contribution in [0.25, 0.3) is 10.9 Å². The van der Waals surface area contributed by atoms with Crippen LogP contribution in [0.15, 0.2) is 42.7 Å². The molecule has 0 aliphatic rings. The van der Waals surface area contributed by atoms with Crippen LogP contribution in [0.2, 0.25) is 0 Å². The Bertz CT molecular complexity index is 765. The van der Waals surface area contributed by atoms with Crippen molar-refractivity contribution in [2.45, 2.75) is 13.1 Å². The minimum Gasteiger partial charge on any atom is -0.325 e. The number of Topliss-reactive ketones (excluding diaryl/α,β-unsaturated/α-hetero) is 1. The molecule has 0 aliphatic carbocycles. The van der Waals surface area contributed by atoms with Gasteiger partial charge in [-0.2, -0.15) is 0 Å². The van der Waals surface area contributed by atoms with E-state index >= 15 is 0 Å². The molecule has 0 aliphatic heterocycles. The molecule has 0 radical (unpaired) electrons. The number of rotatable bonds is 4. The summed E-state index contributed by atoms with van der Waals surface area (Å²) in [5, 5.41) is 8.66. The van der Waals surface area contributed by atoms with E-state index in [9.17, 15) is 4.79 Å². The van der Waals surface area contributed by atoms with Gasteiger partial charge >= 0.3 is 0 Å². The lowest BCUT2D eigenvalue weighted by Crippen LogP contribution is -2.11. The number of ketones is 1. The van der Waals surface area contributed by atoms with Crippen molar-refractivity contribution in [3.8, 4) is 0 Å². The van der Waals surface area contributed by atoms with Crippen LogP contribution < -0.4 is 5.73 Å². The highest BCUT2D eigenvalue weighted by Gasteiger charge is 2.09. The molecule has 0 atom stereocenters. The summed E-state index contributed by atoms with van der Waals surface area (Å²) in [4.78, 5) is 16.5. The zero-order valence-corrected chi connectivity index (χ0v) is 10.7. The number of benzene rings is 1. The summed E-state index contributed by atoms with van der Waals surface area (Å²) in [6.45, 7) is 0.443. The fourth-order valence-corrected chi connectivity index (χ4v) is 1.97. The molecular formula is C14H13N5O. The fraction of sp³-hybridized carbons (Fsp3) is 0.143. The summed E-state index contributed by atoms with van der Waals surface area (Å²) in [6, 6.07) is 9.52. The van der Waals surface area contributed by atoms with Gasteiger partial charge in [0, 0.05) is 23.7 Å². The molecule has 2 heterocycles. The van der Waals surface area contributed by atoms with E-state index in [1.54, 1.807) is 12.4 Å². The van der Waals surface area contributed by atoms with Crippen molar-refractivity contribution < 1.29 is 4.79 Å². The number of nitrogens with two attached hydrogens (primary N) is 1. The van der Waals surface area contributed by atoms with Crippen LogP contribution in [-0.2, 0) is 13.1 Å². The number of hydrogen-bond donors (Lipinski definition) is 1. The number of carbonyl (C=O) groups excluding carboxylic acids is 1. The maximum Gasteiger partial charge on any atom is 0.185 e. The highest BCUT2D eigenvalue weighted by molar-refractivity contribution is 5.98. The molecule has 6 heteroatoms. The quantitative estimate of drug-likeness (QED) is 0.717. The van der Waals surface area contributed by atoms with Gasteiger partial charge < -0.3 is 5.73 Å². The molecule has 20 heavy (non-hydrogen) atoms. The van der Waals surface area contributed by atoms with Crippen LogP contribution in [0, 0.1) is 0 Å². The summed E-state index contributed by atoms with van der Waals surface area (Å²) >= 11 is 0. The largest absolute Gasteiger partial charge is 0.325 e. The zero-order chi connectivity index (χ0) is 13.9. The lowest BCUT2D eigenvalue weighted by atomic mass is 10.1. The third-order valence-corrected chi connectivity index (χ3v) is 3.01. The van der Waals surface area contributed by atoms with Crippen molar-refractivity contribution in [3.63, 3.8) is 0 Å². The van der Waals surface area contributed by atoms with Crippen LogP contribution >= 0.6 is 0 Å². The second-order valence-electron chi connectivity index (χ2n) is 4.45. The van der Waals surface area contributed by atoms with Crippen molar-refractivity contribution in [3.05, 3.63) is 54.0 Å². The standard InChI is InChI=1S/C14H13N5O/c15-6-12-8-19(18-17-12)9-14(20)11-5-10-3-1-2-4-13(10)16-7-11/h1-5,7-8H,6,9,15H2. The molecule has 2 N–H and O–H groups in total. The van der Waals surface area contributed by atoms with Crippen molar-refractivity contribution in [2.75, 3.05) is 0 Å². The Labute approximate surface area is 115 Å². The Balaban J connectivity index is 1.84. The van der Waals surface area contributed by atoms with Crippen LogP contribution in [-0.4, -0.2) is 25.8 Å². The van der Waals surface area contributed by atoms with Gasteiger partial charge in [-0.05, 0) is 12.1 Å². The van der Waals surface area contributed by atoms with Crippen molar-refractivity contribution in [2.24, 2.45) is 5.73 Å². The summed E-state index contributed by atoms with van der Waals surface area (Å²) in [7, 11) is 0. The van der Waals surface area contributed by atoms with Crippen LogP contribution in [0.5, 0.6) is 0 Å². The minimum atomic E-state index is -0.0586. The first-order chi connectivity index (χ1) is 9.76. The second kappa shape index (κ2) is 5.18. The number of hydrogen-bond acceptors (Lipinski definition) is 5. The van der Waals surface area contributed by atoms with Crippen molar-refractivity contribution in [1.82, 2.24) is 20.0 Å². The Kier molecular flexibility index (Phi) is 3.22. The maximum absolute atomic E-state index is 12.2. The second-order valence-corrected chi connectivity index (χ2v) is 4.45. The number of pyridine rings is 1. The van der Waals surface area contributed by atoms with E-state index in [1.807, 2.05) is 30.3 Å². The van der Waals surface area contributed by atoms with Gasteiger partial charge in [-0.25, -0.2) is 4.68 Å². The van der Waals surface area contributed by atoms with Crippen LogP contribution in [0.3, 0.4) is 0 Å². The zero-order valence-electron chi connectivity index (χ0n) is 10.7. The first-order valence-electron chi connectivity index (χ1n) is 6.23. The van der Waals surface area contributed by atoms with Gasteiger partial charge in [0.1, 0.15) is 6.54 Å². The minimum absolute atomic E-state index is 0.0586. The van der Waals surface area contributed by atoms with Crippen molar-refractivity contribution >= 4 is 16.7 Å². The van der Waals surface area contributed by atoms with E-state index in [0.717, 1.165) is 10.9 Å². The van der Waals surface area contributed by atoms with E-state index in [4.69, 9.17) is 5.73 Å². The number of fused-ring (bicyclic) bond motifs is 1. The predicted molar refractivity (Wildman–Crippen MR) is 74.0 cm³/mol. The third-order valence-electron chi connectivity index (χ3n) is 3.01. The number of carbonyl (C=O) groups is 1. The number of nitrogens with zero attached hydrogens (tertiary/aromatic N) is 4. The molecule has 100 valence electrons. The molecule has 0 saturated heterocycles. The van der Waals surface area contributed by atoms with Crippen LogP contribution in [0.4, 0.5) is 0 Å². The molecule has 0 fully saturated rings. The molecule has 0 bridgehead atoms. The van der Waals surface area contributed by atoms with Gasteiger partial charge in [-0.3, -0.25) is 9.78 Å². The summed E-state index contributed by atoms with van der Waals surface area (Å²) in [5.74, 6) is -0.0586. The van der Waals surface area contributed by atoms with E-state index in [1.165, 1.54) is 4.68 Å². The average molecular weight is 267 g/mol. The smallest absolute Gasteiger partial charge is 0.185 e. The molecule has 0 amide bonds. The first-order valence-corrected chi connectivity index (χ1v) is 6.23. The monoisotopic (exact) mass is 267 g/mol. The van der Waals surface area contributed by atoms with Gasteiger partial charge in [0.15, 0.2) is 5.78 Å². The average Bonchev–Trinajstić information content (AvgIpc) is 2.94. The predicted octanol–water partition coefficient (Wildman–Crippen LogP) is 1.17. The first kappa shape index (κ1) is 12.4. The summed E-state index contributed by atoms with van der Waals surface area (Å²) < 4.78 is 1.49. The Morgan fingerprint density at radius 1 is 1.30 bits per heavy atom. The summed E-state index contributed by atoms with van der Waals surface area (Å²) in [5.41, 5.74) is 7.55. The fourth-order valence-electron chi connectivity index (χ4n) is 1.97. The summed E-state index contributed by atoms with van der Waals surface area (Å²) in [6.07, 6.45) is 3.26. The van der Waals surface area contributed by atoms with Gasteiger partial charge in [0.2, 0.25) is 0 Å². The third kappa shape index (κ3) is 2.41. The lowest BCUT2D eigenvalue weighted by Gasteiger charge is -2.02. The van der Waals surface area contributed by atoms with Crippen LogP contribution in [0.1, 0.15) is 16.1 Å². The molecule has 3 aromatic rings. The van der Waals surface area contributed by atoms with Crippen molar-refractivity contribution in [1.29, 1.82) is 0 Å². The number of para-hydroxylation sites is 1. The van der Waals surface area contributed by atoms with E-state index in [2.05, 4.69) is 15.3 Å². The van der Waals surface area contributed by atoms with E-state index < -0.39 is 0 Å². The highest BCUT2D eigenvalue weighted by Crippen LogP contribution is 2.13. The molecule has 1 aromatic carbocycles. The molecular weight excluding hydrogens is 254 g/mol. The molecule has 0 saturated carbocycles. The molecule has 6 nitrogen and oxygen atoms in total. The van der Waals surface area contributed by atoms with E-state index in [-0.39, 0.29) is 12.3 Å². The Hall–Kier alpha value is -2.60. The molecule has 0 unspecified atom stereocenters. The van der Waals surface area contributed by atoms with Gasteiger partial charge in [0.05, 0.1) is 17.4 Å². The highest BCUT2D eigenvalue weighted by atomic mass is 16.1. The van der Waals surface area contributed by atoms with E-state index in [0.29, 0.717) is 17.8 Å². The Morgan fingerprint density at radius 3 is 2.95 bits per heavy atom. The molecule has 2 aromatic heterocycles. The Morgan fingerprint density at radius 2 is 2.15 bits per heavy atom. The van der Waals surface area contributed by atoms with Gasteiger partial charge in [-0.1, -0.05) is 23.4 Å². The van der Waals surface area contributed by atoms with Gasteiger partial charge in [0.25, 0.3) is 0 Å². The normalized spacial score (nSPS) is 10.8. The molecule has 0 spiro atoms.